The number of aliphatic hydroxyl groups is 1. The Morgan fingerprint density at radius 1 is 1.50 bits per heavy atom. The largest absolute Gasteiger partial charge is 0.392 e. The minimum absolute atomic E-state index is 0.172. The standard InChI is InChI=1S/C7H15BrOSi/c1-10(2,3)7(6-8)4-5-9/h4,9H,5-6H2,1-3H3/b7-4-. The van der Waals surface area contributed by atoms with Crippen LogP contribution in [0.4, 0.5) is 0 Å². The van der Waals surface area contributed by atoms with E-state index in [4.69, 9.17) is 5.11 Å². The summed E-state index contributed by atoms with van der Waals surface area (Å²) >= 11 is 3.41. The van der Waals surface area contributed by atoms with Crippen LogP contribution >= 0.6 is 15.9 Å². The minimum Gasteiger partial charge on any atom is -0.392 e. The van der Waals surface area contributed by atoms with E-state index in [9.17, 15) is 0 Å². The molecule has 0 bridgehead atoms. The van der Waals surface area contributed by atoms with E-state index in [0.717, 1.165) is 5.33 Å². The molecule has 0 aliphatic heterocycles. The molecule has 0 fully saturated rings. The molecule has 0 aliphatic rings. The molecule has 0 saturated carbocycles. The molecule has 60 valence electrons. The minimum atomic E-state index is -1.15. The summed E-state index contributed by atoms with van der Waals surface area (Å²) in [4.78, 5) is 0. The summed E-state index contributed by atoms with van der Waals surface area (Å²) in [5.74, 6) is 0. The summed E-state index contributed by atoms with van der Waals surface area (Å²) in [6, 6.07) is 0. The lowest BCUT2D eigenvalue weighted by molar-refractivity contribution is 0.342. The van der Waals surface area contributed by atoms with Gasteiger partial charge < -0.3 is 5.11 Å². The molecule has 0 aromatic heterocycles. The zero-order valence-corrected chi connectivity index (χ0v) is 9.40. The van der Waals surface area contributed by atoms with Gasteiger partial charge in [0.15, 0.2) is 0 Å². The average molecular weight is 223 g/mol. The van der Waals surface area contributed by atoms with Crippen molar-refractivity contribution < 1.29 is 5.11 Å². The van der Waals surface area contributed by atoms with Crippen molar-refractivity contribution in [1.29, 1.82) is 0 Å². The van der Waals surface area contributed by atoms with Crippen LogP contribution in [0.15, 0.2) is 11.3 Å². The van der Waals surface area contributed by atoms with Gasteiger partial charge in [-0.05, 0) is 0 Å². The van der Waals surface area contributed by atoms with E-state index in [1.165, 1.54) is 5.20 Å². The van der Waals surface area contributed by atoms with E-state index in [1.54, 1.807) is 0 Å². The lowest BCUT2D eigenvalue weighted by atomic mass is 10.5. The first-order chi connectivity index (χ1) is 4.52. The maximum absolute atomic E-state index is 8.66. The Kier molecular flexibility index (Phi) is 4.48. The molecule has 0 radical (unpaired) electrons. The molecule has 0 aromatic carbocycles. The molecule has 0 aliphatic carbocycles. The summed E-state index contributed by atoms with van der Waals surface area (Å²) in [6.07, 6.45) is 1.92. The summed E-state index contributed by atoms with van der Waals surface area (Å²) in [5.41, 5.74) is 0. The number of hydrogen-bond donors (Lipinski definition) is 1. The Labute approximate surface area is 72.3 Å². The number of rotatable bonds is 3. The van der Waals surface area contributed by atoms with Crippen molar-refractivity contribution in [3.8, 4) is 0 Å². The smallest absolute Gasteiger partial charge is 0.0732 e. The molecule has 0 unspecified atom stereocenters. The molecular formula is C7H15BrOSi. The summed E-state index contributed by atoms with van der Waals surface area (Å²) in [5, 5.41) is 10.9. The van der Waals surface area contributed by atoms with Gasteiger partial charge in [-0.1, -0.05) is 46.8 Å². The van der Waals surface area contributed by atoms with E-state index >= 15 is 0 Å². The van der Waals surface area contributed by atoms with Crippen LogP contribution in [0.1, 0.15) is 0 Å². The van der Waals surface area contributed by atoms with E-state index in [0.29, 0.717) is 0 Å². The van der Waals surface area contributed by atoms with Crippen LogP contribution < -0.4 is 0 Å². The fourth-order valence-electron chi connectivity index (χ4n) is 0.671. The van der Waals surface area contributed by atoms with Gasteiger partial charge in [0.05, 0.1) is 14.7 Å². The van der Waals surface area contributed by atoms with Gasteiger partial charge in [-0.2, -0.15) is 0 Å². The van der Waals surface area contributed by atoms with Gasteiger partial charge in [0.1, 0.15) is 0 Å². The van der Waals surface area contributed by atoms with Gasteiger partial charge in [0.2, 0.25) is 0 Å². The van der Waals surface area contributed by atoms with Crippen molar-refractivity contribution in [2.24, 2.45) is 0 Å². The Morgan fingerprint density at radius 3 is 2.10 bits per heavy atom. The molecule has 0 amide bonds. The van der Waals surface area contributed by atoms with Crippen LogP contribution in [-0.2, 0) is 0 Å². The quantitative estimate of drug-likeness (QED) is 0.574. The van der Waals surface area contributed by atoms with Crippen molar-refractivity contribution >= 4 is 24.0 Å². The number of halogens is 1. The second-order valence-electron chi connectivity index (χ2n) is 3.30. The molecular weight excluding hydrogens is 208 g/mol. The van der Waals surface area contributed by atoms with Crippen LogP contribution in [0.2, 0.25) is 19.6 Å². The fourth-order valence-corrected chi connectivity index (χ4v) is 4.53. The Bertz CT molecular complexity index is 126. The molecule has 0 saturated heterocycles. The highest BCUT2D eigenvalue weighted by Gasteiger charge is 2.17. The molecule has 1 N–H and O–H groups in total. The van der Waals surface area contributed by atoms with Crippen LogP contribution in [0.5, 0.6) is 0 Å². The maximum Gasteiger partial charge on any atom is 0.0732 e. The molecule has 3 heteroatoms. The predicted octanol–water partition coefficient (Wildman–Crippen LogP) is 2.18. The monoisotopic (exact) mass is 222 g/mol. The molecule has 10 heavy (non-hydrogen) atoms. The first-order valence-electron chi connectivity index (χ1n) is 3.38. The van der Waals surface area contributed by atoms with Gasteiger partial charge in [-0.3, -0.25) is 0 Å². The zero-order chi connectivity index (χ0) is 8.20. The fraction of sp³-hybridized carbons (Fsp3) is 0.714. The highest BCUT2D eigenvalue weighted by atomic mass is 79.9. The SMILES string of the molecule is C[Si](C)(C)/C(=C\CO)CBr. The summed E-state index contributed by atoms with van der Waals surface area (Å²) in [7, 11) is -1.15. The van der Waals surface area contributed by atoms with E-state index in [-0.39, 0.29) is 6.61 Å². The van der Waals surface area contributed by atoms with Gasteiger partial charge in [0, 0.05) is 5.33 Å². The Hall–Kier alpha value is 0.397. The molecule has 0 spiro atoms. The highest BCUT2D eigenvalue weighted by molar-refractivity contribution is 9.09. The van der Waals surface area contributed by atoms with Crippen LogP contribution in [0.25, 0.3) is 0 Å². The predicted molar refractivity (Wildman–Crippen MR) is 52.3 cm³/mol. The van der Waals surface area contributed by atoms with Crippen molar-refractivity contribution in [2.45, 2.75) is 19.6 Å². The normalized spacial score (nSPS) is 13.9. The summed E-state index contributed by atoms with van der Waals surface area (Å²) < 4.78 is 0. The average Bonchev–Trinajstić information content (AvgIpc) is 1.80. The molecule has 0 atom stereocenters. The van der Waals surface area contributed by atoms with Crippen LogP contribution in [0.3, 0.4) is 0 Å². The van der Waals surface area contributed by atoms with E-state index < -0.39 is 8.07 Å². The third-order valence-electron chi connectivity index (χ3n) is 1.44. The molecule has 0 heterocycles. The maximum atomic E-state index is 8.66. The Morgan fingerprint density at radius 2 is 2.00 bits per heavy atom. The number of hydrogen-bond acceptors (Lipinski definition) is 1. The second-order valence-corrected chi connectivity index (χ2v) is 9.00. The number of aliphatic hydroxyl groups excluding tert-OH is 1. The van der Waals surface area contributed by atoms with Crippen molar-refractivity contribution in [3.05, 3.63) is 11.3 Å². The molecule has 0 rings (SSSR count). The third-order valence-corrected chi connectivity index (χ3v) is 4.87. The first kappa shape index (κ1) is 10.4. The third kappa shape index (κ3) is 3.54. The summed E-state index contributed by atoms with van der Waals surface area (Å²) in [6.45, 7) is 6.99. The topological polar surface area (TPSA) is 20.2 Å². The molecule has 0 aromatic rings. The Balaban J connectivity index is 4.21. The number of allylic oxidation sites excluding steroid dienone is 1. The van der Waals surface area contributed by atoms with Crippen LogP contribution in [0, 0.1) is 0 Å². The van der Waals surface area contributed by atoms with Crippen molar-refractivity contribution in [2.75, 3.05) is 11.9 Å². The van der Waals surface area contributed by atoms with Gasteiger partial charge >= 0.3 is 0 Å². The number of alkyl halides is 1. The van der Waals surface area contributed by atoms with Gasteiger partial charge in [0.25, 0.3) is 0 Å². The highest BCUT2D eigenvalue weighted by Crippen LogP contribution is 2.15. The lowest BCUT2D eigenvalue weighted by Crippen LogP contribution is -2.25. The van der Waals surface area contributed by atoms with Crippen molar-refractivity contribution in [1.82, 2.24) is 0 Å². The molecule has 1 nitrogen and oxygen atoms in total. The lowest BCUT2D eigenvalue weighted by Gasteiger charge is -2.18. The second kappa shape index (κ2) is 4.31. The van der Waals surface area contributed by atoms with E-state index in [2.05, 4.69) is 35.6 Å². The van der Waals surface area contributed by atoms with Gasteiger partial charge in [-0.15, -0.1) is 0 Å². The zero-order valence-electron chi connectivity index (χ0n) is 6.82. The van der Waals surface area contributed by atoms with Gasteiger partial charge in [-0.25, -0.2) is 0 Å². The van der Waals surface area contributed by atoms with Crippen molar-refractivity contribution in [3.63, 3.8) is 0 Å². The van der Waals surface area contributed by atoms with E-state index in [1.807, 2.05) is 6.08 Å². The van der Waals surface area contributed by atoms with Crippen LogP contribution in [-0.4, -0.2) is 25.1 Å². The first-order valence-corrected chi connectivity index (χ1v) is 8.01.